The molecule has 104 valence electrons. The molecule has 0 spiro atoms. The summed E-state index contributed by atoms with van der Waals surface area (Å²) in [7, 11) is 0. The molecule has 1 aliphatic rings. The summed E-state index contributed by atoms with van der Waals surface area (Å²) in [5.74, 6) is 0.480. The summed E-state index contributed by atoms with van der Waals surface area (Å²) < 4.78 is 19.1. The summed E-state index contributed by atoms with van der Waals surface area (Å²) in [5.41, 5.74) is 1.50. The number of pyridine rings is 1. The first kappa shape index (κ1) is 13.1. The normalized spacial score (nSPS) is 14.2. The molecule has 0 amide bonds. The van der Waals surface area contributed by atoms with Gasteiger partial charge in [-0.2, -0.15) is 0 Å². The largest absolute Gasteiger partial charge is 0.489 e. The molecule has 1 heterocycles. The van der Waals surface area contributed by atoms with Crippen molar-refractivity contribution >= 4 is 0 Å². The Labute approximate surface area is 117 Å². The Morgan fingerprint density at radius 1 is 1.25 bits per heavy atom. The van der Waals surface area contributed by atoms with Crippen LogP contribution in [0.4, 0.5) is 4.39 Å². The van der Waals surface area contributed by atoms with E-state index >= 15 is 0 Å². The summed E-state index contributed by atoms with van der Waals surface area (Å²) in [6, 6.07) is 11.0. The van der Waals surface area contributed by atoms with Crippen LogP contribution in [0.1, 0.15) is 24.1 Å². The second kappa shape index (κ2) is 6.01. The molecule has 1 aromatic heterocycles. The maximum absolute atomic E-state index is 13.5. The van der Waals surface area contributed by atoms with E-state index in [4.69, 9.17) is 4.74 Å². The minimum absolute atomic E-state index is 0.228. The van der Waals surface area contributed by atoms with Gasteiger partial charge in [0.15, 0.2) is 0 Å². The van der Waals surface area contributed by atoms with Crippen LogP contribution in [0.5, 0.6) is 5.75 Å². The summed E-state index contributed by atoms with van der Waals surface area (Å²) in [6.45, 7) is 0.980. The molecule has 0 radical (unpaired) electrons. The fourth-order valence-corrected chi connectivity index (χ4v) is 1.96. The topological polar surface area (TPSA) is 34.1 Å². The molecule has 20 heavy (non-hydrogen) atoms. The number of hydrogen-bond acceptors (Lipinski definition) is 3. The molecule has 1 aliphatic carbocycles. The van der Waals surface area contributed by atoms with Gasteiger partial charge >= 0.3 is 0 Å². The van der Waals surface area contributed by atoms with Crippen LogP contribution in [0.15, 0.2) is 42.6 Å². The van der Waals surface area contributed by atoms with Gasteiger partial charge in [-0.25, -0.2) is 4.39 Å². The van der Waals surface area contributed by atoms with E-state index in [0.29, 0.717) is 11.6 Å². The molecule has 2 aromatic rings. The van der Waals surface area contributed by atoms with E-state index in [-0.39, 0.29) is 12.4 Å². The maximum atomic E-state index is 13.5. The molecule has 3 nitrogen and oxygen atoms in total. The van der Waals surface area contributed by atoms with Crippen molar-refractivity contribution in [3.05, 3.63) is 59.7 Å². The highest BCUT2D eigenvalue weighted by atomic mass is 19.1. The average Bonchev–Trinajstić information content (AvgIpc) is 3.29. The van der Waals surface area contributed by atoms with Gasteiger partial charge in [-0.15, -0.1) is 0 Å². The molecule has 0 bridgehead atoms. The highest BCUT2D eigenvalue weighted by molar-refractivity contribution is 5.24. The first-order valence-electron chi connectivity index (χ1n) is 6.86. The third-order valence-electron chi connectivity index (χ3n) is 3.29. The zero-order valence-electron chi connectivity index (χ0n) is 11.2. The molecule has 0 unspecified atom stereocenters. The van der Waals surface area contributed by atoms with Crippen molar-refractivity contribution < 1.29 is 9.13 Å². The van der Waals surface area contributed by atoms with E-state index in [1.165, 1.54) is 18.9 Å². The Hall–Kier alpha value is -1.94. The van der Waals surface area contributed by atoms with Crippen LogP contribution in [0, 0.1) is 5.82 Å². The smallest absolute Gasteiger partial charge is 0.129 e. The van der Waals surface area contributed by atoms with E-state index in [1.807, 2.05) is 6.07 Å². The lowest BCUT2D eigenvalue weighted by molar-refractivity contribution is 0.299. The summed E-state index contributed by atoms with van der Waals surface area (Å²) in [6.07, 6.45) is 4.23. The average molecular weight is 272 g/mol. The van der Waals surface area contributed by atoms with Crippen molar-refractivity contribution in [3.63, 3.8) is 0 Å². The Balaban J connectivity index is 1.59. The predicted molar refractivity (Wildman–Crippen MR) is 74.8 cm³/mol. The Bertz CT molecular complexity index is 584. The first-order chi connectivity index (χ1) is 9.81. The molecular weight excluding hydrogens is 255 g/mol. The van der Waals surface area contributed by atoms with Gasteiger partial charge in [-0.05, 0) is 25.0 Å². The van der Waals surface area contributed by atoms with E-state index in [9.17, 15) is 4.39 Å². The van der Waals surface area contributed by atoms with Gasteiger partial charge in [-0.3, -0.25) is 4.98 Å². The fraction of sp³-hybridized carbons (Fsp3) is 0.312. The zero-order valence-corrected chi connectivity index (χ0v) is 11.2. The van der Waals surface area contributed by atoms with Crippen LogP contribution in [0.3, 0.4) is 0 Å². The monoisotopic (exact) mass is 272 g/mol. The second-order valence-electron chi connectivity index (χ2n) is 5.02. The van der Waals surface area contributed by atoms with Crippen LogP contribution in [0.2, 0.25) is 0 Å². The van der Waals surface area contributed by atoms with Gasteiger partial charge in [0.25, 0.3) is 0 Å². The lowest BCUT2D eigenvalue weighted by Gasteiger charge is -2.08. The number of hydrogen-bond donors (Lipinski definition) is 1. The molecule has 3 rings (SSSR count). The quantitative estimate of drug-likeness (QED) is 0.877. The number of nitrogens with one attached hydrogen (secondary N) is 1. The lowest BCUT2D eigenvalue weighted by atomic mass is 10.2. The van der Waals surface area contributed by atoms with Crippen LogP contribution in [-0.4, -0.2) is 11.0 Å². The molecular formula is C16H17FN2O. The van der Waals surface area contributed by atoms with E-state index in [0.717, 1.165) is 18.0 Å². The summed E-state index contributed by atoms with van der Waals surface area (Å²) in [4.78, 5) is 4.30. The van der Waals surface area contributed by atoms with Gasteiger partial charge in [-0.1, -0.05) is 18.2 Å². The standard InChI is InChI=1S/C16H17FN2O/c17-16-4-2-1-3-12(16)11-20-15-7-8-18-14(9-15)10-19-13-5-6-13/h1-4,7-9,13,19H,5-6,10-11H2. The molecule has 0 atom stereocenters. The van der Waals surface area contributed by atoms with Crippen LogP contribution in [-0.2, 0) is 13.2 Å². The van der Waals surface area contributed by atoms with Gasteiger partial charge in [0, 0.05) is 30.4 Å². The number of rotatable bonds is 6. The van der Waals surface area contributed by atoms with Gasteiger partial charge in [0.05, 0.1) is 5.69 Å². The van der Waals surface area contributed by atoms with Gasteiger partial charge < -0.3 is 10.1 Å². The molecule has 1 fully saturated rings. The predicted octanol–water partition coefficient (Wildman–Crippen LogP) is 3.05. The number of nitrogens with zero attached hydrogens (tertiary/aromatic N) is 1. The summed E-state index contributed by atoms with van der Waals surface area (Å²) in [5, 5.41) is 3.40. The third kappa shape index (κ3) is 3.54. The highest BCUT2D eigenvalue weighted by Gasteiger charge is 2.20. The first-order valence-corrected chi connectivity index (χ1v) is 6.86. The van der Waals surface area contributed by atoms with Crippen LogP contribution >= 0.6 is 0 Å². The molecule has 1 aromatic carbocycles. The Morgan fingerprint density at radius 3 is 2.90 bits per heavy atom. The molecule has 0 saturated heterocycles. The van der Waals surface area contributed by atoms with Crippen molar-refractivity contribution in [2.45, 2.75) is 32.0 Å². The van der Waals surface area contributed by atoms with Crippen molar-refractivity contribution in [2.24, 2.45) is 0 Å². The summed E-state index contributed by atoms with van der Waals surface area (Å²) >= 11 is 0. The maximum Gasteiger partial charge on any atom is 0.129 e. The van der Waals surface area contributed by atoms with Crippen LogP contribution < -0.4 is 10.1 Å². The fourth-order valence-electron chi connectivity index (χ4n) is 1.96. The SMILES string of the molecule is Fc1ccccc1COc1ccnc(CNC2CC2)c1. The van der Waals surface area contributed by atoms with Crippen molar-refractivity contribution in [3.8, 4) is 5.75 Å². The molecule has 0 aliphatic heterocycles. The molecule has 1 saturated carbocycles. The minimum atomic E-state index is -0.239. The van der Waals surface area contributed by atoms with Crippen molar-refractivity contribution in [2.75, 3.05) is 0 Å². The van der Waals surface area contributed by atoms with Crippen LogP contribution in [0.25, 0.3) is 0 Å². The van der Waals surface area contributed by atoms with Crippen molar-refractivity contribution in [1.29, 1.82) is 0 Å². The van der Waals surface area contributed by atoms with E-state index in [2.05, 4.69) is 10.3 Å². The van der Waals surface area contributed by atoms with Gasteiger partial charge in [0.1, 0.15) is 18.2 Å². The van der Waals surface area contributed by atoms with Crippen molar-refractivity contribution in [1.82, 2.24) is 10.3 Å². The highest BCUT2D eigenvalue weighted by Crippen LogP contribution is 2.20. The zero-order chi connectivity index (χ0) is 13.8. The number of aromatic nitrogens is 1. The van der Waals surface area contributed by atoms with Gasteiger partial charge in [0.2, 0.25) is 0 Å². The molecule has 4 heteroatoms. The number of ether oxygens (including phenoxy) is 1. The Morgan fingerprint density at radius 2 is 2.10 bits per heavy atom. The van der Waals surface area contributed by atoms with E-state index < -0.39 is 0 Å². The van der Waals surface area contributed by atoms with E-state index in [1.54, 1.807) is 30.5 Å². The second-order valence-corrected chi connectivity index (χ2v) is 5.02. The lowest BCUT2D eigenvalue weighted by Crippen LogP contribution is -2.16. The number of benzene rings is 1. The minimum Gasteiger partial charge on any atom is -0.489 e. The third-order valence-corrected chi connectivity index (χ3v) is 3.29. The molecule has 1 N–H and O–H groups in total. The Kier molecular flexibility index (Phi) is 3.92. The number of halogens is 1.